The SMILES string of the molecule is CC(C)(C)OC(=O)N1CC(Nc2c(N)cnc3ccc(Br)cc23)C1.CC(C)(C)OC(=O)N1CC(Nc2c([N+](=O)[O-])cnc3ccc(Br)cc23)C1. The summed E-state index contributed by atoms with van der Waals surface area (Å²) >= 11 is 6.87. The molecule has 2 aromatic carbocycles. The normalized spacial score (nSPS) is 15.0. The summed E-state index contributed by atoms with van der Waals surface area (Å²) in [6.07, 6.45) is 2.24. The lowest BCUT2D eigenvalue weighted by molar-refractivity contribution is -0.384. The summed E-state index contributed by atoms with van der Waals surface area (Å²) in [5, 5.41) is 19.6. The first-order valence-corrected chi connectivity index (χ1v) is 17.5. The van der Waals surface area contributed by atoms with Gasteiger partial charge >= 0.3 is 17.9 Å². The van der Waals surface area contributed by atoms with Gasteiger partial charge in [-0.15, -0.1) is 0 Å². The highest BCUT2D eigenvalue weighted by Gasteiger charge is 2.36. The average molecular weight is 817 g/mol. The number of halogens is 2. The molecule has 4 aromatic rings. The van der Waals surface area contributed by atoms with E-state index in [1.54, 1.807) is 28.1 Å². The molecule has 6 rings (SSSR count). The maximum atomic E-state index is 12.0. The van der Waals surface area contributed by atoms with Gasteiger partial charge in [0, 0.05) is 45.9 Å². The number of hydrogen-bond donors (Lipinski definition) is 3. The van der Waals surface area contributed by atoms with Crippen LogP contribution in [0.15, 0.2) is 57.7 Å². The molecule has 14 nitrogen and oxygen atoms in total. The number of hydrogen-bond acceptors (Lipinski definition) is 11. The average Bonchev–Trinajstić information content (AvgIpc) is 2.95. The van der Waals surface area contributed by atoms with Crippen LogP contribution in [0.1, 0.15) is 41.5 Å². The van der Waals surface area contributed by atoms with E-state index in [0.29, 0.717) is 48.5 Å². The predicted molar refractivity (Wildman–Crippen MR) is 200 cm³/mol. The van der Waals surface area contributed by atoms with E-state index in [0.717, 1.165) is 25.5 Å². The molecule has 0 radical (unpaired) electrons. The second-order valence-electron chi connectivity index (χ2n) is 14.1. The molecule has 0 bridgehead atoms. The van der Waals surface area contributed by atoms with E-state index in [4.69, 9.17) is 15.2 Å². The number of pyridine rings is 2. The number of rotatable bonds is 5. The van der Waals surface area contributed by atoms with Crippen molar-refractivity contribution in [2.45, 2.75) is 64.8 Å². The number of benzene rings is 2. The molecule has 0 spiro atoms. The number of fused-ring (bicyclic) bond motifs is 2. The van der Waals surface area contributed by atoms with Crippen molar-refractivity contribution in [3.05, 3.63) is 67.9 Å². The Kier molecular flexibility index (Phi) is 10.6. The molecular formula is C34H40Br2N8O6. The fraction of sp³-hybridized carbons (Fsp3) is 0.412. The van der Waals surface area contributed by atoms with Gasteiger partial charge in [-0.25, -0.2) is 14.6 Å². The summed E-state index contributed by atoms with van der Waals surface area (Å²) in [4.78, 5) is 46.7. The monoisotopic (exact) mass is 814 g/mol. The number of nitrogens with one attached hydrogen (secondary N) is 2. The minimum atomic E-state index is -0.554. The maximum absolute atomic E-state index is 12.0. The van der Waals surface area contributed by atoms with Crippen LogP contribution in [-0.4, -0.2) is 86.3 Å². The summed E-state index contributed by atoms with van der Waals surface area (Å²) < 4.78 is 12.5. The highest BCUT2D eigenvalue weighted by atomic mass is 79.9. The molecule has 4 heterocycles. The number of amides is 2. The highest BCUT2D eigenvalue weighted by molar-refractivity contribution is 9.10. The number of nitro groups is 1. The quantitative estimate of drug-likeness (QED) is 0.134. The summed E-state index contributed by atoms with van der Waals surface area (Å²) in [6.45, 7) is 13.0. The Labute approximate surface area is 306 Å². The number of anilines is 3. The Bertz CT molecular complexity index is 1930. The van der Waals surface area contributed by atoms with Crippen LogP contribution in [0.2, 0.25) is 0 Å². The van der Waals surface area contributed by atoms with Crippen molar-refractivity contribution >= 4 is 88.6 Å². The number of aromatic nitrogens is 2. The van der Waals surface area contributed by atoms with Crippen LogP contribution in [0.3, 0.4) is 0 Å². The number of nitrogen functional groups attached to an aromatic ring is 1. The molecule has 50 heavy (non-hydrogen) atoms. The molecule has 0 aliphatic carbocycles. The van der Waals surface area contributed by atoms with Crippen molar-refractivity contribution in [1.29, 1.82) is 0 Å². The molecule has 266 valence electrons. The third-order valence-corrected chi connectivity index (χ3v) is 8.62. The molecule has 2 amide bonds. The Hall–Kier alpha value is -4.44. The molecule has 0 atom stereocenters. The largest absolute Gasteiger partial charge is 0.444 e. The molecule has 16 heteroatoms. The summed E-state index contributed by atoms with van der Waals surface area (Å²) in [5.74, 6) is 0. The lowest BCUT2D eigenvalue weighted by Gasteiger charge is -2.40. The minimum absolute atomic E-state index is 0.0914. The van der Waals surface area contributed by atoms with Gasteiger partial charge in [-0.2, -0.15) is 0 Å². The zero-order valence-corrected chi connectivity index (χ0v) is 31.8. The van der Waals surface area contributed by atoms with E-state index in [-0.39, 0.29) is 30.0 Å². The molecule has 2 saturated heterocycles. The first kappa shape index (κ1) is 36.8. The van der Waals surface area contributed by atoms with E-state index < -0.39 is 16.1 Å². The number of carbonyl (C=O) groups excluding carboxylic acids is 2. The highest BCUT2D eigenvalue weighted by Crippen LogP contribution is 2.35. The standard InChI is InChI=1S/C17H19BrN4O4.C17H21BrN4O2/c1-17(2,3)26-16(23)21-8-11(9-21)20-15-12-6-10(18)4-5-13(12)19-7-14(15)22(24)25;1-17(2,3)24-16(23)22-8-11(9-22)21-15-12-6-10(18)4-5-14(12)20-7-13(15)19/h4-7,11H,8-9H2,1-3H3,(H,19,20);4-7,11H,8-9,19H2,1-3H3,(H,20,21). The zero-order chi connectivity index (χ0) is 36.5. The second-order valence-corrected chi connectivity index (χ2v) is 16.0. The Morgan fingerprint density at radius 2 is 1.22 bits per heavy atom. The Balaban J connectivity index is 0.000000195. The molecule has 2 aliphatic rings. The topological polar surface area (TPSA) is 178 Å². The van der Waals surface area contributed by atoms with Gasteiger partial charge in [-0.05, 0) is 77.9 Å². The van der Waals surface area contributed by atoms with Crippen LogP contribution in [-0.2, 0) is 9.47 Å². The van der Waals surface area contributed by atoms with Crippen LogP contribution in [0.4, 0.5) is 32.3 Å². The van der Waals surface area contributed by atoms with E-state index in [2.05, 4.69) is 52.5 Å². The second kappa shape index (κ2) is 14.4. The van der Waals surface area contributed by atoms with Crippen molar-refractivity contribution in [2.24, 2.45) is 0 Å². The lowest BCUT2D eigenvalue weighted by Crippen LogP contribution is -2.58. The van der Waals surface area contributed by atoms with Crippen molar-refractivity contribution in [3.8, 4) is 0 Å². The third-order valence-electron chi connectivity index (χ3n) is 7.63. The van der Waals surface area contributed by atoms with Crippen molar-refractivity contribution in [2.75, 3.05) is 42.5 Å². The summed E-state index contributed by atoms with van der Waals surface area (Å²) in [7, 11) is 0. The van der Waals surface area contributed by atoms with Gasteiger partial charge < -0.3 is 35.6 Å². The van der Waals surface area contributed by atoms with Crippen molar-refractivity contribution in [3.63, 3.8) is 0 Å². The zero-order valence-electron chi connectivity index (χ0n) is 28.6. The molecular weight excluding hydrogens is 776 g/mol. The summed E-state index contributed by atoms with van der Waals surface area (Å²) in [6, 6.07) is 11.4. The van der Waals surface area contributed by atoms with E-state index in [1.165, 1.54) is 6.20 Å². The fourth-order valence-corrected chi connectivity index (χ4v) is 6.01. The lowest BCUT2D eigenvalue weighted by atomic mass is 10.1. The molecule has 4 N–H and O–H groups in total. The van der Waals surface area contributed by atoms with E-state index >= 15 is 0 Å². The fourth-order valence-electron chi connectivity index (χ4n) is 5.28. The van der Waals surface area contributed by atoms with Gasteiger partial charge in [0.2, 0.25) is 0 Å². The minimum Gasteiger partial charge on any atom is -0.444 e. The van der Waals surface area contributed by atoms with E-state index in [1.807, 2.05) is 65.8 Å². The number of ether oxygens (including phenoxy) is 2. The molecule has 0 unspecified atom stereocenters. The van der Waals surface area contributed by atoms with Gasteiger partial charge in [0.1, 0.15) is 23.1 Å². The van der Waals surface area contributed by atoms with Crippen LogP contribution >= 0.6 is 31.9 Å². The summed E-state index contributed by atoms with van der Waals surface area (Å²) in [5.41, 5.74) is 8.37. The number of nitrogens with two attached hydrogens (primary N) is 1. The number of likely N-dealkylation sites (tertiary alicyclic amines) is 2. The Morgan fingerprint density at radius 1 is 0.800 bits per heavy atom. The van der Waals surface area contributed by atoms with Crippen LogP contribution < -0.4 is 16.4 Å². The smallest absolute Gasteiger partial charge is 0.410 e. The van der Waals surface area contributed by atoms with Gasteiger partial charge in [0.05, 0.1) is 45.6 Å². The molecule has 2 aliphatic heterocycles. The van der Waals surface area contributed by atoms with Gasteiger partial charge in [0.15, 0.2) is 0 Å². The van der Waals surface area contributed by atoms with Gasteiger partial charge in [0.25, 0.3) is 0 Å². The number of carbonyl (C=O) groups is 2. The van der Waals surface area contributed by atoms with Gasteiger partial charge in [-0.1, -0.05) is 31.9 Å². The molecule has 0 saturated carbocycles. The van der Waals surface area contributed by atoms with Crippen LogP contribution in [0, 0.1) is 10.1 Å². The molecule has 2 fully saturated rings. The predicted octanol–water partition coefficient (Wildman–Crippen LogP) is 7.55. The van der Waals surface area contributed by atoms with Gasteiger partial charge in [-0.3, -0.25) is 15.1 Å². The Morgan fingerprint density at radius 3 is 1.66 bits per heavy atom. The van der Waals surface area contributed by atoms with Crippen molar-refractivity contribution < 1.29 is 24.0 Å². The number of nitrogens with zero attached hydrogens (tertiary/aromatic N) is 5. The first-order chi connectivity index (χ1) is 23.4. The first-order valence-electron chi connectivity index (χ1n) is 15.9. The van der Waals surface area contributed by atoms with E-state index in [9.17, 15) is 19.7 Å². The van der Waals surface area contributed by atoms with Crippen LogP contribution in [0.5, 0.6) is 0 Å². The van der Waals surface area contributed by atoms with Crippen LogP contribution in [0.25, 0.3) is 21.8 Å². The third kappa shape index (κ3) is 9.01. The molecule has 2 aromatic heterocycles. The maximum Gasteiger partial charge on any atom is 0.410 e. The van der Waals surface area contributed by atoms with Crippen molar-refractivity contribution in [1.82, 2.24) is 19.8 Å².